The maximum atomic E-state index is 12.1. The van der Waals surface area contributed by atoms with Gasteiger partial charge in [-0.1, -0.05) is 23.7 Å². The molecule has 1 aliphatic heterocycles. The summed E-state index contributed by atoms with van der Waals surface area (Å²) in [6.45, 7) is 9.35. The Morgan fingerprint density at radius 1 is 1.30 bits per heavy atom. The first-order chi connectivity index (χ1) is 10.8. The van der Waals surface area contributed by atoms with Gasteiger partial charge < -0.3 is 15.0 Å². The maximum Gasteiger partial charge on any atom is 0.410 e. The number of para-hydroxylation sites is 1. The fourth-order valence-electron chi connectivity index (χ4n) is 2.85. The normalized spacial score (nSPS) is 17.7. The SMILES string of the molecule is CC(Nc1ccccc1Cl)C1CCN(C(=O)OC(C)(C)C)CC1. The summed E-state index contributed by atoms with van der Waals surface area (Å²) in [6, 6.07) is 8.11. The highest BCUT2D eigenvalue weighted by Crippen LogP contribution is 2.27. The lowest BCUT2D eigenvalue weighted by atomic mass is 9.90. The molecular weight excluding hydrogens is 312 g/mol. The van der Waals surface area contributed by atoms with Crippen molar-refractivity contribution < 1.29 is 9.53 Å². The van der Waals surface area contributed by atoms with E-state index in [9.17, 15) is 4.79 Å². The van der Waals surface area contributed by atoms with Crippen molar-refractivity contribution in [3.63, 3.8) is 0 Å². The number of amides is 1. The molecule has 1 unspecified atom stereocenters. The molecule has 1 fully saturated rings. The maximum absolute atomic E-state index is 12.1. The third kappa shape index (κ3) is 5.31. The van der Waals surface area contributed by atoms with E-state index in [0.29, 0.717) is 12.0 Å². The highest BCUT2D eigenvalue weighted by molar-refractivity contribution is 6.33. The van der Waals surface area contributed by atoms with Gasteiger partial charge in [0.25, 0.3) is 0 Å². The molecule has 0 spiro atoms. The molecule has 5 heteroatoms. The molecule has 0 aliphatic carbocycles. The van der Waals surface area contributed by atoms with Gasteiger partial charge >= 0.3 is 6.09 Å². The number of hydrogen-bond acceptors (Lipinski definition) is 3. The average Bonchev–Trinajstić information content (AvgIpc) is 2.48. The van der Waals surface area contributed by atoms with Gasteiger partial charge in [0, 0.05) is 19.1 Å². The lowest BCUT2D eigenvalue weighted by molar-refractivity contribution is 0.0179. The Morgan fingerprint density at radius 3 is 2.48 bits per heavy atom. The van der Waals surface area contributed by atoms with Crippen LogP contribution in [0.25, 0.3) is 0 Å². The summed E-state index contributed by atoms with van der Waals surface area (Å²) in [4.78, 5) is 13.9. The number of ether oxygens (including phenoxy) is 1. The molecule has 128 valence electrons. The van der Waals surface area contributed by atoms with Crippen LogP contribution in [0.4, 0.5) is 10.5 Å². The Morgan fingerprint density at radius 2 is 1.91 bits per heavy atom. The quantitative estimate of drug-likeness (QED) is 0.861. The Labute approximate surface area is 144 Å². The molecule has 1 aromatic carbocycles. The zero-order chi connectivity index (χ0) is 17.0. The second kappa shape index (κ2) is 7.43. The standard InChI is InChI=1S/C18H27ClN2O2/c1-13(20-16-8-6-5-7-15(16)19)14-9-11-21(12-10-14)17(22)23-18(2,3)4/h5-8,13-14,20H,9-12H2,1-4H3. The number of likely N-dealkylation sites (tertiary alicyclic amines) is 1. The van der Waals surface area contributed by atoms with Gasteiger partial charge in [-0.2, -0.15) is 0 Å². The molecule has 1 saturated heterocycles. The second-order valence-corrected chi connectivity index (χ2v) is 7.62. The van der Waals surface area contributed by atoms with Crippen molar-refractivity contribution in [3.8, 4) is 0 Å². The number of nitrogens with zero attached hydrogens (tertiary/aromatic N) is 1. The summed E-state index contributed by atoms with van der Waals surface area (Å²) >= 11 is 6.20. The van der Waals surface area contributed by atoms with Crippen LogP contribution in [0.1, 0.15) is 40.5 Å². The number of nitrogens with one attached hydrogen (secondary N) is 1. The van der Waals surface area contributed by atoms with Crippen LogP contribution in [0.15, 0.2) is 24.3 Å². The average molecular weight is 339 g/mol. The smallest absolute Gasteiger partial charge is 0.410 e. The van der Waals surface area contributed by atoms with Gasteiger partial charge in [-0.05, 0) is 58.6 Å². The summed E-state index contributed by atoms with van der Waals surface area (Å²) in [7, 11) is 0. The Bertz CT molecular complexity index is 534. The number of piperidine rings is 1. The van der Waals surface area contributed by atoms with E-state index < -0.39 is 5.60 Å². The molecule has 0 aromatic heterocycles. The van der Waals surface area contributed by atoms with Gasteiger partial charge in [0.1, 0.15) is 5.60 Å². The summed E-state index contributed by atoms with van der Waals surface area (Å²) in [6.07, 6.45) is 1.73. The van der Waals surface area contributed by atoms with Crippen molar-refractivity contribution in [1.29, 1.82) is 0 Å². The molecule has 1 aromatic rings. The van der Waals surface area contributed by atoms with Gasteiger partial charge in [-0.15, -0.1) is 0 Å². The number of hydrogen-bond donors (Lipinski definition) is 1. The predicted octanol–water partition coefficient (Wildman–Crippen LogP) is 4.79. The molecule has 0 saturated carbocycles. The van der Waals surface area contributed by atoms with E-state index in [1.165, 1.54) is 0 Å². The van der Waals surface area contributed by atoms with E-state index in [4.69, 9.17) is 16.3 Å². The van der Waals surface area contributed by atoms with Gasteiger partial charge in [0.2, 0.25) is 0 Å². The van der Waals surface area contributed by atoms with Crippen LogP contribution in [0.5, 0.6) is 0 Å². The third-order valence-corrected chi connectivity index (χ3v) is 4.49. The fourth-order valence-corrected chi connectivity index (χ4v) is 3.04. The summed E-state index contributed by atoms with van der Waals surface area (Å²) < 4.78 is 5.44. The van der Waals surface area contributed by atoms with Crippen LogP contribution in [-0.4, -0.2) is 35.7 Å². The van der Waals surface area contributed by atoms with E-state index >= 15 is 0 Å². The first-order valence-corrected chi connectivity index (χ1v) is 8.63. The molecular formula is C18H27ClN2O2. The summed E-state index contributed by atoms with van der Waals surface area (Å²) in [5, 5.41) is 4.24. The molecule has 23 heavy (non-hydrogen) atoms. The number of carbonyl (C=O) groups excluding carboxylic acids is 1. The van der Waals surface area contributed by atoms with Crippen LogP contribution in [0.3, 0.4) is 0 Å². The third-order valence-electron chi connectivity index (χ3n) is 4.16. The topological polar surface area (TPSA) is 41.6 Å². The number of halogens is 1. The lowest BCUT2D eigenvalue weighted by Gasteiger charge is -2.36. The van der Waals surface area contributed by atoms with Crippen molar-refractivity contribution in [2.75, 3.05) is 18.4 Å². The van der Waals surface area contributed by atoms with Crippen LogP contribution in [0, 0.1) is 5.92 Å². The number of rotatable bonds is 3. The minimum atomic E-state index is -0.438. The molecule has 0 bridgehead atoms. The molecule has 1 atom stereocenters. The number of benzene rings is 1. The summed E-state index contributed by atoms with van der Waals surface area (Å²) in [5.41, 5.74) is 0.531. The molecule has 1 amide bonds. The van der Waals surface area contributed by atoms with Crippen LogP contribution in [0.2, 0.25) is 5.02 Å². The number of carbonyl (C=O) groups is 1. The molecule has 2 rings (SSSR count). The van der Waals surface area contributed by atoms with E-state index in [1.807, 2.05) is 49.9 Å². The van der Waals surface area contributed by atoms with Crippen LogP contribution in [-0.2, 0) is 4.74 Å². The Kier molecular flexibility index (Phi) is 5.79. The van der Waals surface area contributed by atoms with Crippen molar-refractivity contribution in [2.45, 2.75) is 52.2 Å². The Balaban J connectivity index is 1.84. The van der Waals surface area contributed by atoms with E-state index in [2.05, 4.69) is 12.2 Å². The molecule has 1 aliphatic rings. The molecule has 1 heterocycles. The van der Waals surface area contributed by atoms with Crippen molar-refractivity contribution in [1.82, 2.24) is 4.90 Å². The lowest BCUT2D eigenvalue weighted by Crippen LogP contribution is -2.44. The fraction of sp³-hybridized carbons (Fsp3) is 0.611. The zero-order valence-corrected chi connectivity index (χ0v) is 15.2. The first kappa shape index (κ1) is 17.9. The highest BCUT2D eigenvalue weighted by Gasteiger charge is 2.29. The number of anilines is 1. The van der Waals surface area contributed by atoms with Crippen molar-refractivity contribution >= 4 is 23.4 Å². The molecule has 4 nitrogen and oxygen atoms in total. The van der Waals surface area contributed by atoms with E-state index in [-0.39, 0.29) is 6.09 Å². The first-order valence-electron chi connectivity index (χ1n) is 8.25. The van der Waals surface area contributed by atoms with Crippen molar-refractivity contribution in [3.05, 3.63) is 29.3 Å². The van der Waals surface area contributed by atoms with Gasteiger partial charge in [0.05, 0.1) is 10.7 Å². The highest BCUT2D eigenvalue weighted by atomic mass is 35.5. The minimum Gasteiger partial charge on any atom is -0.444 e. The van der Waals surface area contributed by atoms with Crippen LogP contribution >= 0.6 is 11.6 Å². The van der Waals surface area contributed by atoms with E-state index in [0.717, 1.165) is 36.6 Å². The monoisotopic (exact) mass is 338 g/mol. The van der Waals surface area contributed by atoms with Gasteiger partial charge in [-0.3, -0.25) is 0 Å². The molecule has 1 N–H and O–H groups in total. The zero-order valence-electron chi connectivity index (χ0n) is 14.4. The molecule has 0 radical (unpaired) electrons. The van der Waals surface area contributed by atoms with Gasteiger partial charge in [-0.25, -0.2) is 4.79 Å². The predicted molar refractivity (Wildman–Crippen MR) is 95.1 cm³/mol. The van der Waals surface area contributed by atoms with Crippen LogP contribution < -0.4 is 5.32 Å². The van der Waals surface area contributed by atoms with Gasteiger partial charge in [0.15, 0.2) is 0 Å². The van der Waals surface area contributed by atoms with Crippen molar-refractivity contribution in [2.24, 2.45) is 5.92 Å². The Hall–Kier alpha value is -1.42. The minimum absolute atomic E-state index is 0.206. The largest absolute Gasteiger partial charge is 0.444 e. The van der Waals surface area contributed by atoms with E-state index in [1.54, 1.807) is 0 Å². The summed E-state index contributed by atoms with van der Waals surface area (Å²) in [5.74, 6) is 0.518. The second-order valence-electron chi connectivity index (χ2n) is 7.22.